The van der Waals surface area contributed by atoms with Crippen molar-refractivity contribution in [3.8, 4) is 0 Å². The maximum Gasteiger partial charge on any atom is 0.276 e. The molecule has 2 aromatic rings. The lowest BCUT2D eigenvalue weighted by Gasteiger charge is -2.32. The number of furan rings is 1. The molecule has 0 bridgehead atoms. The second-order valence-electron chi connectivity index (χ2n) is 5.56. The van der Waals surface area contributed by atoms with Crippen molar-refractivity contribution in [3.63, 3.8) is 0 Å². The Kier molecular flexibility index (Phi) is 4.39. The highest BCUT2D eigenvalue weighted by molar-refractivity contribution is 9.10. The predicted molar refractivity (Wildman–Crippen MR) is 99.9 cm³/mol. The highest BCUT2D eigenvalue weighted by Crippen LogP contribution is 2.32. The number of para-hydroxylation sites is 1. The van der Waals surface area contributed by atoms with Crippen molar-refractivity contribution in [3.05, 3.63) is 57.4 Å². The first-order chi connectivity index (χ1) is 12.2. The minimum Gasteiger partial charge on any atom is -0.450 e. The number of fused-ring (bicyclic) bond motifs is 2. The van der Waals surface area contributed by atoms with Gasteiger partial charge in [-0.1, -0.05) is 36.9 Å². The number of benzene rings is 1. The third kappa shape index (κ3) is 3.00. The molecule has 1 aromatic carbocycles. The van der Waals surface area contributed by atoms with Gasteiger partial charge in [0.1, 0.15) is 5.70 Å². The summed E-state index contributed by atoms with van der Waals surface area (Å²) >= 11 is 4.85. The Balaban J connectivity index is 1.89. The second kappa shape index (κ2) is 6.68. The average Bonchev–Trinajstić information content (AvgIpc) is 3.05. The van der Waals surface area contributed by atoms with Crippen molar-refractivity contribution in [2.24, 2.45) is 10.1 Å². The molecule has 0 saturated heterocycles. The zero-order valence-electron chi connectivity index (χ0n) is 13.4. The molecule has 1 N–H and O–H groups in total. The van der Waals surface area contributed by atoms with Crippen molar-refractivity contribution in [1.82, 2.24) is 10.3 Å². The third-order valence-electron chi connectivity index (χ3n) is 3.81. The van der Waals surface area contributed by atoms with Crippen molar-refractivity contribution >= 4 is 44.5 Å². The van der Waals surface area contributed by atoms with Crippen LogP contribution in [0.3, 0.4) is 0 Å². The van der Waals surface area contributed by atoms with Crippen LogP contribution < -0.4 is 15.9 Å². The van der Waals surface area contributed by atoms with Crippen LogP contribution in [0.25, 0.3) is 5.70 Å². The SMILES string of the molecule is CCCSC1=NN2C(=c3ccccc3=N[C@H]2c2ccc(Br)o2)C(=O)N1. The molecular formula is C17H15BrN4O2S. The van der Waals surface area contributed by atoms with Crippen molar-refractivity contribution in [2.75, 3.05) is 5.75 Å². The summed E-state index contributed by atoms with van der Waals surface area (Å²) in [6.07, 6.45) is 0.484. The fourth-order valence-electron chi connectivity index (χ4n) is 2.74. The van der Waals surface area contributed by atoms with Gasteiger partial charge in [-0.3, -0.25) is 10.1 Å². The minimum absolute atomic E-state index is 0.174. The predicted octanol–water partition coefficient (Wildman–Crippen LogP) is 2.33. The van der Waals surface area contributed by atoms with Gasteiger partial charge in [-0.15, -0.1) is 5.10 Å². The zero-order chi connectivity index (χ0) is 17.4. The molecule has 3 heterocycles. The van der Waals surface area contributed by atoms with Crippen LogP contribution in [0, 0.1) is 0 Å². The quantitative estimate of drug-likeness (QED) is 0.829. The number of nitrogens with zero attached hydrogens (tertiary/aromatic N) is 3. The molecule has 128 valence electrons. The molecule has 4 rings (SSSR count). The molecule has 2 aliphatic rings. The van der Waals surface area contributed by atoms with E-state index in [1.165, 1.54) is 11.8 Å². The van der Waals surface area contributed by atoms with Gasteiger partial charge in [0.05, 0.1) is 5.36 Å². The van der Waals surface area contributed by atoms with Crippen LogP contribution in [0.2, 0.25) is 0 Å². The summed E-state index contributed by atoms with van der Waals surface area (Å²) in [5, 5.41) is 11.3. The van der Waals surface area contributed by atoms with E-state index >= 15 is 0 Å². The van der Waals surface area contributed by atoms with Crippen LogP contribution in [-0.2, 0) is 4.79 Å². The van der Waals surface area contributed by atoms with E-state index in [2.05, 4.69) is 33.3 Å². The summed E-state index contributed by atoms with van der Waals surface area (Å²) in [7, 11) is 0. The number of carbonyl (C=O) groups excluding carboxylic acids is 1. The highest BCUT2D eigenvalue weighted by atomic mass is 79.9. The highest BCUT2D eigenvalue weighted by Gasteiger charge is 2.35. The topological polar surface area (TPSA) is 70.2 Å². The van der Waals surface area contributed by atoms with Crippen LogP contribution in [0.5, 0.6) is 0 Å². The fourth-order valence-corrected chi connectivity index (χ4v) is 3.77. The number of hydrogen-bond acceptors (Lipinski definition) is 6. The summed E-state index contributed by atoms with van der Waals surface area (Å²) in [6, 6.07) is 11.2. The first kappa shape index (κ1) is 16.4. The number of hydrazone groups is 1. The molecule has 6 nitrogen and oxygen atoms in total. The van der Waals surface area contributed by atoms with E-state index < -0.39 is 6.17 Å². The molecule has 1 atom stereocenters. The third-order valence-corrected chi connectivity index (χ3v) is 5.30. The van der Waals surface area contributed by atoms with Gasteiger partial charge < -0.3 is 4.42 Å². The summed E-state index contributed by atoms with van der Waals surface area (Å²) in [5.41, 5.74) is 0.490. The molecule has 1 amide bonds. The van der Waals surface area contributed by atoms with E-state index in [0.29, 0.717) is 21.3 Å². The molecular weight excluding hydrogens is 404 g/mol. The standard InChI is InChI=1S/C17H15BrN4O2S/c1-2-9-25-17-20-16(23)14-10-5-3-4-6-11(10)19-15(22(14)21-17)12-7-8-13(18)24-12/h3-8,15H,2,9H2,1H3,(H,20,21,23)/t15-/m1/s1. The first-order valence-electron chi connectivity index (χ1n) is 7.92. The van der Waals surface area contributed by atoms with Gasteiger partial charge in [0.2, 0.25) is 6.17 Å². The molecule has 8 heteroatoms. The Bertz CT molecular complexity index is 985. The average molecular weight is 419 g/mol. The zero-order valence-corrected chi connectivity index (χ0v) is 15.8. The summed E-state index contributed by atoms with van der Waals surface area (Å²) < 4.78 is 6.31. The number of halogens is 1. The number of hydrogen-bond donors (Lipinski definition) is 1. The van der Waals surface area contributed by atoms with Crippen molar-refractivity contribution < 1.29 is 9.21 Å². The van der Waals surface area contributed by atoms with Gasteiger partial charge in [-0.05, 0) is 40.5 Å². The lowest BCUT2D eigenvalue weighted by molar-refractivity contribution is -0.116. The number of nitrogens with one attached hydrogen (secondary N) is 1. The van der Waals surface area contributed by atoms with Gasteiger partial charge >= 0.3 is 0 Å². The number of amidine groups is 1. The molecule has 0 radical (unpaired) electrons. The second-order valence-corrected chi connectivity index (χ2v) is 7.43. The van der Waals surface area contributed by atoms with Crippen LogP contribution in [0.4, 0.5) is 0 Å². The Morgan fingerprint density at radius 1 is 1.32 bits per heavy atom. The Hall–Kier alpha value is -2.06. The van der Waals surface area contributed by atoms with Crippen LogP contribution in [0.15, 0.2) is 55.6 Å². The van der Waals surface area contributed by atoms with Crippen LogP contribution in [0.1, 0.15) is 25.3 Å². The molecule has 0 unspecified atom stereocenters. The Morgan fingerprint density at radius 3 is 2.92 bits per heavy atom. The van der Waals surface area contributed by atoms with E-state index in [1.807, 2.05) is 36.4 Å². The number of thioether (sulfide) groups is 1. The van der Waals surface area contributed by atoms with E-state index in [0.717, 1.165) is 22.7 Å². The van der Waals surface area contributed by atoms with Gasteiger partial charge in [-0.2, -0.15) is 0 Å². The number of amides is 1. The van der Waals surface area contributed by atoms with Gasteiger partial charge in [0.25, 0.3) is 5.91 Å². The number of rotatable bonds is 3. The fraction of sp³-hybridized carbons (Fsp3) is 0.235. The summed E-state index contributed by atoms with van der Waals surface area (Å²) in [5.74, 6) is 1.33. The van der Waals surface area contributed by atoms with Crippen LogP contribution in [-0.4, -0.2) is 21.8 Å². The van der Waals surface area contributed by atoms with E-state index in [4.69, 9.17) is 9.41 Å². The monoisotopic (exact) mass is 418 g/mol. The van der Waals surface area contributed by atoms with E-state index in [-0.39, 0.29) is 5.91 Å². The Labute approximate surface area is 156 Å². The molecule has 2 aliphatic heterocycles. The molecule has 0 aliphatic carbocycles. The maximum absolute atomic E-state index is 12.8. The molecule has 1 aromatic heterocycles. The summed E-state index contributed by atoms with van der Waals surface area (Å²) in [4.78, 5) is 17.5. The van der Waals surface area contributed by atoms with E-state index in [9.17, 15) is 4.79 Å². The van der Waals surface area contributed by atoms with E-state index in [1.54, 1.807) is 5.01 Å². The first-order valence-corrected chi connectivity index (χ1v) is 9.69. The lowest BCUT2D eigenvalue weighted by Crippen LogP contribution is -2.50. The molecule has 25 heavy (non-hydrogen) atoms. The molecule has 0 fully saturated rings. The smallest absolute Gasteiger partial charge is 0.276 e. The maximum atomic E-state index is 12.8. The summed E-state index contributed by atoms with van der Waals surface area (Å²) in [6.45, 7) is 2.09. The molecule has 0 spiro atoms. The molecule has 0 saturated carbocycles. The van der Waals surface area contributed by atoms with Crippen molar-refractivity contribution in [1.29, 1.82) is 0 Å². The minimum atomic E-state index is -0.514. The van der Waals surface area contributed by atoms with Crippen molar-refractivity contribution in [2.45, 2.75) is 19.5 Å². The Morgan fingerprint density at radius 2 is 2.16 bits per heavy atom. The number of carbonyl (C=O) groups is 1. The lowest BCUT2D eigenvalue weighted by atomic mass is 10.1. The van der Waals surface area contributed by atoms with Crippen LogP contribution >= 0.6 is 27.7 Å². The van der Waals surface area contributed by atoms with Gasteiger partial charge in [0, 0.05) is 11.0 Å². The largest absolute Gasteiger partial charge is 0.450 e. The van der Waals surface area contributed by atoms with Gasteiger partial charge in [-0.25, -0.2) is 10.0 Å². The normalized spacial score (nSPS) is 18.9. The van der Waals surface area contributed by atoms with Gasteiger partial charge in [0.15, 0.2) is 15.6 Å².